The number of carbonyl (C=O) groups is 1. The monoisotopic (exact) mass is 419 g/mol. The predicted molar refractivity (Wildman–Crippen MR) is 117 cm³/mol. The molecule has 0 fully saturated rings. The highest BCUT2D eigenvalue weighted by molar-refractivity contribution is 5.86. The van der Waals surface area contributed by atoms with E-state index in [0.29, 0.717) is 18.7 Å². The second-order valence-electron chi connectivity index (χ2n) is 7.63. The Morgan fingerprint density at radius 1 is 1.06 bits per heavy atom. The molecule has 4 rings (SSSR count). The van der Waals surface area contributed by atoms with E-state index in [1.165, 1.54) is 7.11 Å². The topological polar surface area (TPSA) is 81.8 Å². The number of hydrogen-bond donors (Lipinski definition) is 0. The maximum Gasteiger partial charge on any atom is 0.249 e. The number of tetrazole rings is 1. The van der Waals surface area contributed by atoms with E-state index in [1.807, 2.05) is 31.2 Å². The first-order valence-electron chi connectivity index (χ1n) is 10.0. The summed E-state index contributed by atoms with van der Waals surface area (Å²) < 4.78 is 12.1. The van der Waals surface area contributed by atoms with Crippen LogP contribution in [0.15, 0.2) is 42.5 Å². The lowest BCUT2D eigenvalue weighted by Crippen LogP contribution is -2.33. The van der Waals surface area contributed by atoms with Crippen LogP contribution < -0.4 is 4.74 Å². The Morgan fingerprint density at radius 3 is 2.55 bits per heavy atom. The van der Waals surface area contributed by atoms with E-state index in [2.05, 4.69) is 40.6 Å². The summed E-state index contributed by atoms with van der Waals surface area (Å²) in [6.07, 6.45) is 0. The van der Waals surface area contributed by atoms with Crippen molar-refractivity contribution in [3.8, 4) is 5.75 Å². The number of carbonyl (C=O) groups excluding carboxylic acids is 1. The Labute approximate surface area is 180 Å². The zero-order valence-corrected chi connectivity index (χ0v) is 18.1. The normalized spacial score (nSPS) is 11.2. The van der Waals surface area contributed by atoms with Crippen molar-refractivity contribution in [3.63, 3.8) is 0 Å². The number of fused-ring (bicyclic) bond motifs is 3. The minimum Gasteiger partial charge on any atom is -0.497 e. The molecule has 160 valence electrons. The van der Waals surface area contributed by atoms with Crippen molar-refractivity contribution in [2.24, 2.45) is 0 Å². The van der Waals surface area contributed by atoms with Crippen LogP contribution in [0.4, 0.5) is 0 Å². The Morgan fingerprint density at radius 2 is 1.84 bits per heavy atom. The number of pyridine rings is 1. The van der Waals surface area contributed by atoms with Gasteiger partial charge < -0.3 is 14.4 Å². The Hall–Kier alpha value is -3.52. The Kier molecular flexibility index (Phi) is 5.81. The van der Waals surface area contributed by atoms with Gasteiger partial charge in [-0.05, 0) is 59.7 Å². The maximum absolute atomic E-state index is 12.8. The molecule has 0 N–H and O–H groups in total. The minimum absolute atomic E-state index is 0.00315. The maximum atomic E-state index is 12.8. The van der Waals surface area contributed by atoms with Gasteiger partial charge in [0.1, 0.15) is 12.4 Å². The van der Waals surface area contributed by atoms with Gasteiger partial charge in [0.05, 0.1) is 12.6 Å². The molecular weight excluding hydrogens is 394 g/mol. The fraction of sp³-hybridized carbons (Fsp3) is 0.304. The minimum atomic E-state index is -0.107. The Balaban J connectivity index is 1.74. The zero-order valence-electron chi connectivity index (χ0n) is 18.1. The number of rotatable bonds is 7. The molecule has 0 bridgehead atoms. The molecule has 0 saturated carbocycles. The molecule has 4 aromatic rings. The largest absolute Gasteiger partial charge is 0.497 e. The van der Waals surface area contributed by atoms with Crippen LogP contribution in [0.5, 0.6) is 5.75 Å². The lowest BCUT2D eigenvalue weighted by molar-refractivity contribution is -0.136. The van der Waals surface area contributed by atoms with Crippen molar-refractivity contribution in [3.05, 3.63) is 64.7 Å². The first kappa shape index (κ1) is 20.7. The third-order valence-corrected chi connectivity index (χ3v) is 5.29. The summed E-state index contributed by atoms with van der Waals surface area (Å²) in [5.74, 6) is 0.666. The second-order valence-corrected chi connectivity index (χ2v) is 7.63. The molecule has 2 heterocycles. The standard InChI is InChI=1S/C23H25N5O3/c1-15-9-16(2)22-18(10-15)11-19(23-24-25-26-28(22)23)13-27(21(29)14-30-3)12-17-5-7-20(31-4)8-6-17/h5-11H,12-14H2,1-4H3. The molecule has 0 radical (unpaired) electrons. The van der Waals surface area contributed by atoms with Crippen molar-refractivity contribution in [2.45, 2.75) is 26.9 Å². The number of aromatic nitrogens is 4. The number of ether oxygens (including phenoxy) is 2. The molecule has 31 heavy (non-hydrogen) atoms. The van der Waals surface area contributed by atoms with E-state index in [1.54, 1.807) is 16.5 Å². The van der Waals surface area contributed by atoms with Crippen LogP contribution in [0.1, 0.15) is 22.3 Å². The van der Waals surface area contributed by atoms with Crippen molar-refractivity contribution < 1.29 is 14.3 Å². The van der Waals surface area contributed by atoms with Crippen LogP contribution in [-0.4, -0.2) is 51.7 Å². The number of methoxy groups -OCH3 is 2. The number of amides is 1. The molecule has 1 amide bonds. The molecule has 0 aliphatic carbocycles. The highest BCUT2D eigenvalue weighted by Crippen LogP contribution is 2.25. The SMILES string of the molecule is COCC(=O)N(Cc1ccc(OC)cc1)Cc1cc2cc(C)cc(C)c2n2nnnc12. The fourth-order valence-corrected chi connectivity index (χ4v) is 3.90. The van der Waals surface area contributed by atoms with Gasteiger partial charge in [-0.3, -0.25) is 4.79 Å². The van der Waals surface area contributed by atoms with Crippen molar-refractivity contribution >= 4 is 22.5 Å². The van der Waals surface area contributed by atoms with Gasteiger partial charge in [-0.15, -0.1) is 5.10 Å². The van der Waals surface area contributed by atoms with Gasteiger partial charge in [-0.2, -0.15) is 4.52 Å². The molecule has 0 spiro atoms. The average Bonchev–Trinajstić information content (AvgIpc) is 3.23. The molecule has 8 heteroatoms. The van der Waals surface area contributed by atoms with Gasteiger partial charge in [0.25, 0.3) is 0 Å². The predicted octanol–water partition coefficient (Wildman–Crippen LogP) is 3.08. The van der Waals surface area contributed by atoms with E-state index in [-0.39, 0.29) is 12.5 Å². The summed E-state index contributed by atoms with van der Waals surface area (Å²) in [5, 5.41) is 13.4. The van der Waals surface area contributed by atoms with Gasteiger partial charge >= 0.3 is 0 Å². The van der Waals surface area contributed by atoms with Crippen LogP contribution in [0.3, 0.4) is 0 Å². The summed E-state index contributed by atoms with van der Waals surface area (Å²) in [4.78, 5) is 14.6. The van der Waals surface area contributed by atoms with Gasteiger partial charge in [-0.1, -0.05) is 23.8 Å². The van der Waals surface area contributed by atoms with E-state index >= 15 is 0 Å². The van der Waals surface area contributed by atoms with E-state index in [4.69, 9.17) is 9.47 Å². The fourth-order valence-electron chi connectivity index (χ4n) is 3.90. The van der Waals surface area contributed by atoms with E-state index < -0.39 is 0 Å². The molecule has 0 saturated heterocycles. The highest BCUT2D eigenvalue weighted by Gasteiger charge is 2.19. The number of benzene rings is 2. The third-order valence-electron chi connectivity index (χ3n) is 5.29. The van der Waals surface area contributed by atoms with Crippen molar-refractivity contribution in [2.75, 3.05) is 20.8 Å². The third kappa shape index (κ3) is 4.20. The van der Waals surface area contributed by atoms with Crippen LogP contribution in [0, 0.1) is 13.8 Å². The lowest BCUT2D eigenvalue weighted by Gasteiger charge is -2.23. The van der Waals surface area contributed by atoms with Crippen LogP contribution in [-0.2, 0) is 22.6 Å². The molecular formula is C23H25N5O3. The molecule has 0 aliphatic heterocycles. The summed E-state index contributed by atoms with van der Waals surface area (Å²) in [7, 11) is 3.15. The van der Waals surface area contributed by atoms with E-state index in [9.17, 15) is 4.79 Å². The summed E-state index contributed by atoms with van der Waals surface area (Å²) in [6, 6.07) is 14.0. The molecule has 2 aromatic carbocycles. The molecule has 0 atom stereocenters. The lowest BCUT2D eigenvalue weighted by atomic mass is 10.0. The van der Waals surface area contributed by atoms with Crippen molar-refractivity contribution in [1.29, 1.82) is 0 Å². The molecule has 0 aliphatic rings. The summed E-state index contributed by atoms with van der Waals surface area (Å²) in [6.45, 7) is 4.91. The Bertz CT molecular complexity index is 1230. The molecule has 2 aromatic heterocycles. The highest BCUT2D eigenvalue weighted by atomic mass is 16.5. The quantitative estimate of drug-likeness (QED) is 0.458. The second kappa shape index (κ2) is 8.69. The van der Waals surface area contributed by atoms with E-state index in [0.717, 1.165) is 38.9 Å². The van der Waals surface area contributed by atoms with Crippen molar-refractivity contribution in [1.82, 2.24) is 24.9 Å². The first-order valence-corrected chi connectivity index (χ1v) is 10.0. The smallest absolute Gasteiger partial charge is 0.249 e. The van der Waals surface area contributed by atoms with Gasteiger partial charge in [0.2, 0.25) is 5.91 Å². The van der Waals surface area contributed by atoms with Crippen LogP contribution >= 0.6 is 0 Å². The van der Waals surface area contributed by atoms with Gasteiger partial charge in [0, 0.05) is 31.1 Å². The molecule has 0 unspecified atom stereocenters. The molecule has 8 nitrogen and oxygen atoms in total. The summed E-state index contributed by atoms with van der Waals surface area (Å²) in [5.41, 5.74) is 5.75. The summed E-state index contributed by atoms with van der Waals surface area (Å²) >= 11 is 0. The van der Waals surface area contributed by atoms with Gasteiger partial charge in [-0.25, -0.2) is 0 Å². The number of nitrogens with zero attached hydrogens (tertiary/aromatic N) is 5. The zero-order chi connectivity index (χ0) is 22.0. The van der Waals surface area contributed by atoms with Gasteiger partial charge in [0.15, 0.2) is 5.65 Å². The number of aryl methyl sites for hydroxylation is 2. The number of hydrogen-bond acceptors (Lipinski definition) is 6. The average molecular weight is 419 g/mol. The van der Waals surface area contributed by atoms with Crippen LogP contribution in [0.2, 0.25) is 0 Å². The van der Waals surface area contributed by atoms with Crippen LogP contribution in [0.25, 0.3) is 16.6 Å². The first-order chi connectivity index (χ1) is 15.0.